The molecule has 0 aliphatic carbocycles. The summed E-state index contributed by atoms with van der Waals surface area (Å²) in [6.45, 7) is 3.20. The van der Waals surface area contributed by atoms with Gasteiger partial charge in [0.05, 0.1) is 17.4 Å². The Hall–Kier alpha value is -2.91. The minimum absolute atomic E-state index is 0.0501. The number of hydrogen-bond donors (Lipinski definition) is 2. The maximum absolute atomic E-state index is 12.5. The van der Waals surface area contributed by atoms with Gasteiger partial charge in [-0.2, -0.15) is 0 Å². The Kier molecular flexibility index (Phi) is 6.73. The Morgan fingerprint density at radius 3 is 2.43 bits per heavy atom. The Labute approximate surface area is 176 Å². The van der Waals surface area contributed by atoms with Crippen LogP contribution in [0.2, 0.25) is 0 Å². The van der Waals surface area contributed by atoms with E-state index in [1.54, 1.807) is 29.2 Å². The lowest BCUT2D eigenvalue weighted by Crippen LogP contribution is -2.34. The first-order valence-corrected chi connectivity index (χ1v) is 11.2. The third-order valence-corrected chi connectivity index (χ3v) is 5.85. The Morgan fingerprint density at radius 2 is 1.83 bits per heavy atom. The van der Waals surface area contributed by atoms with Crippen LogP contribution in [0, 0.1) is 5.92 Å². The summed E-state index contributed by atoms with van der Waals surface area (Å²) in [5.74, 6) is 0.0731. The van der Waals surface area contributed by atoms with Gasteiger partial charge in [-0.25, -0.2) is 13.6 Å². The first-order valence-electron chi connectivity index (χ1n) is 9.70. The van der Waals surface area contributed by atoms with Gasteiger partial charge in [0.1, 0.15) is 5.75 Å². The lowest BCUT2D eigenvalue weighted by molar-refractivity contribution is -0.126. The van der Waals surface area contributed by atoms with Crippen molar-refractivity contribution in [3.8, 4) is 5.75 Å². The number of nitrogens with zero attached hydrogens (tertiary/aromatic N) is 1. The molecule has 0 bridgehead atoms. The van der Waals surface area contributed by atoms with Gasteiger partial charge in [-0.1, -0.05) is 12.1 Å². The van der Waals surface area contributed by atoms with Crippen molar-refractivity contribution in [1.29, 1.82) is 0 Å². The highest BCUT2D eigenvalue weighted by molar-refractivity contribution is 7.89. The maximum Gasteiger partial charge on any atom is 0.238 e. The van der Waals surface area contributed by atoms with Crippen LogP contribution < -0.4 is 20.1 Å². The first-order chi connectivity index (χ1) is 14.3. The average Bonchev–Trinajstić information content (AvgIpc) is 3.10. The molecule has 8 nitrogen and oxygen atoms in total. The lowest BCUT2D eigenvalue weighted by atomic mass is 10.1. The number of anilines is 1. The molecule has 0 spiro atoms. The molecule has 1 aliphatic heterocycles. The number of nitrogens with one attached hydrogen (secondary N) is 1. The van der Waals surface area contributed by atoms with Crippen LogP contribution in [0.25, 0.3) is 0 Å². The zero-order valence-corrected chi connectivity index (χ0v) is 17.5. The number of nitrogens with two attached hydrogens (primary N) is 1. The van der Waals surface area contributed by atoms with E-state index in [9.17, 15) is 18.0 Å². The second-order valence-corrected chi connectivity index (χ2v) is 8.62. The fourth-order valence-electron chi connectivity index (χ4n) is 3.34. The van der Waals surface area contributed by atoms with Gasteiger partial charge in [-0.05, 0) is 55.3 Å². The third-order valence-electron chi connectivity index (χ3n) is 4.92. The fraction of sp³-hybridized carbons (Fsp3) is 0.333. The van der Waals surface area contributed by atoms with Gasteiger partial charge in [-0.15, -0.1) is 0 Å². The number of primary sulfonamides is 1. The van der Waals surface area contributed by atoms with Crippen molar-refractivity contribution in [2.24, 2.45) is 11.1 Å². The topological polar surface area (TPSA) is 119 Å². The number of sulfonamides is 1. The minimum atomic E-state index is -3.72. The molecular weight excluding hydrogens is 406 g/mol. The molecule has 1 aliphatic rings. The second-order valence-electron chi connectivity index (χ2n) is 7.06. The van der Waals surface area contributed by atoms with Crippen LogP contribution in [-0.2, 0) is 26.0 Å². The Morgan fingerprint density at radius 1 is 1.17 bits per heavy atom. The summed E-state index contributed by atoms with van der Waals surface area (Å²) in [6.07, 6.45) is 0.710. The van der Waals surface area contributed by atoms with E-state index < -0.39 is 15.9 Å². The third kappa shape index (κ3) is 5.37. The van der Waals surface area contributed by atoms with Gasteiger partial charge in [-0.3, -0.25) is 9.59 Å². The molecule has 1 atom stereocenters. The summed E-state index contributed by atoms with van der Waals surface area (Å²) < 4.78 is 28.0. The summed E-state index contributed by atoms with van der Waals surface area (Å²) in [6, 6.07) is 13.5. The highest BCUT2D eigenvalue weighted by Crippen LogP contribution is 2.27. The van der Waals surface area contributed by atoms with Gasteiger partial charge in [0.2, 0.25) is 21.8 Å². The molecule has 2 aromatic rings. The molecule has 9 heteroatoms. The summed E-state index contributed by atoms with van der Waals surface area (Å²) >= 11 is 0. The van der Waals surface area contributed by atoms with Crippen molar-refractivity contribution >= 4 is 27.5 Å². The molecule has 1 heterocycles. The van der Waals surface area contributed by atoms with E-state index in [-0.39, 0.29) is 23.1 Å². The molecule has 0 radical (unpaired) electrons. The number of carbonyl (C=O) groups is 2. The number of rotatable bonds is 8. The van der Waals surface area contributed by atoms with Gasteiger partial charge >= 0.3 is 0 Å². The van der Waals surface area contributed by atoms with Crippen LogP contribution in [0.3, 0.4) is 0 Å². The smallest absolute Gasteiger partial charge is 0.238 e. The Bertz CT molecular complexity index is 1000. The van der Waals surface area contributed by atoms with Crippen molar-refractivity contribution in [1.82, 2.24) is 5.32 Å². The predicted octanol–water partition coefficient (Wildman–Crippen LogP) is 1.44. The first kappa shape index (κ1) is 21.8. The predicted molar refractivity (Wildman–Crippen MR) is 113 cm³/mol. The molecule has 0 aromatic heterocycles. The van der Waals surface area contributed by atoms with Crippen molar-refractivity contribution in [2.45, 2.75) is 24.7 Å². The molecule has 3 rings (SSSR count). The van der Waals surface area contributed by atoms with E-state index in [1.807, 2.05) is 19.1 Å². The van der Waals surface area contributed by atoms with Crippen LogP contribution in [0.4, 0.5) is 5.69 Å². The van der Waals surface area contributed by atoms with Crippen LogP contribution in [0.5, 0.6) is 5.75 Å². The van der Waals surface area contributed by atoms with E-state index in [0.717, 1.165) is 17.0 Å². The number of hydrogen-bond acceptors (Lipinski definition) is 5. The maximum atomic E-state index is 12.5. The molecule has 2 aromatic carbocycles. The zero-order valence-electron chi connectivity index (χ0n) is 16.7. The van der Waals surface area contributed by atoms with Crippen LogP contribution in [0.1, 0.15) is 18.9 Å². The van der Waals surface area contributed by atoms with E-state index in [2.05, 4.69) is 5.32 Å². The fourth-order valence-corrected chi connectivity index (χ4v) is 3.86. The van der Waals surface area contributed by atoms with Crippen molar-refractivity contribution in [2.75, 3.05) is 24.6 Å². The quantitative estimate of drug-likeness (QED) is 0.656. The molecule has 160 valence electrons. The van der Waals surface area contributed by atoms with Crippen molar-refractivity contribution in [3.63, 3.8) is 0 Å². The molecule has 1 saturated heterocycles. The summed E-state index contributed by atoms with van der Waals surface area (Å²) in [7, 11) is -3.72. The van der Waals surface area contributed by atoms with Crippen LogP contribution >= 0.6 is 0 Å². The lowest BCUT2D eigenvalue weighted by Gasteiger charge is -2.17. The summed E-state index contributed by atoms with van der Waals surface area (Å²) in [4.78, 5) is 26.5. The second kappa shape index (κ2) is 9.27. The molecule has 3 N–H and O–H groups in total. The molecule has 30 heavy (non-hydrogen) atoms. The molecular formula is C21H25N3O5S. The molecule has 1 fully saturated rings. The summed E-state index contributed by atoms with van der Waals surface area (Å²) in [5, 5.41) is 7.93. The van der Waals surface area contributed by atoms with E-state index >= 15 is 0 Å². The van der Waals surface area contributed by atoms with Crippen molar-refractivity contribution in [3.05, 3.63) is 54.1 Å². The van der Waals surface area contributed by atoms with E-state index in [4.69, 9.17) is 9.88 Å². The van der Waals surface area contributed by atoms with Gasteiger partial charge in [0.15, 0.2) is 0 Å². The van der Waals surface area contributed by atoms with Gasteiger partial charge in [0, 0.05) is 25.2 Å². The average molecular weight is 432 g/mol. The van der Waals surface area contributed by atoms with Gasteiger partial charge < -0.3 is 15.0 Å². The normalized spacial score (nSPS) is 16.5. The van der Waals surface area contributed by atoms with Crippen molar-refractivity contribution < 1.29 is 22.7 Å². The van der Waals surface area contributed by atoms with E-state index in [0.29, 0.717) is 26.1 Å². The molecule has 0 saturated carbocycles. The Balaban J connectivity index is 1.51. The van der Waals surface area contributed by atoms with Crippen LogP contribution in [-0.4, -0.2) is 39.9 Å². The van der Waals surface area contributed by atoms with Crippen LogP contribution in [0.15, 0.2) is 53.4 Å². The largest absolute Gasteiger partial charge is 0.494 e. The number of amides is 2. The monoisotopic (exact) mass is 431 g/mol. The molecule has 2 amide bonds. The SMILES string of the molecule is CCOc1ccc(N2C[C@H](C(=O)NCCc3ccc(S(N)(=O)=O)cc3)CC2=O)cc1. The number of ether oxygens (including phenoxy) is 1. The highest BCUT2D eigenvalue weighted by atomic mass is 32.2. The number of carbonyl (C=O) groups excluding carboxylic acids is 2. The standard InChI is InChI=1S/C21H25N3O5S/c1-2-29-18-7-5-17(6-8-18)24-14-16(13-20(24)25)21(26)23-12-11-15-3-9-19(10-4-15)30(22,27)28/h3-10,16H,2,11-14H2,1H3,(H,23,26)(H2,22,27,28)/t16-/m1/s1. The minimum Gasteiger partial charge on any atom is -0.494 e. The highest BCUT2D eigenvalue weighted by Gasteiger charge is 2.34. The van der Waals surface area contributed by atoms with Gasteiger partial charge in [0.25, 0.3) is 0 Å². The summed E-state index contributed by atoms with van der Waals surface area (Å²) in [5.41, 5.74) is 1.62. The number of benzene rings is 2. The molecule has 0 unspecified atom stereocenters. The van der Waals surface area contributed by atoms with E-state index in [1.165, 1.54) is 12.1 Å². The zero-order chi connectivity index (χ0) is 21.7.